The molecule has 5 nitrogen and oxygen atoms in total. The first-order chi connectivity index (χ1) is 10.0. The van der Waals surface area contributed by atoms with E-state index in [1.165, 1.54) is 25.7 Å². The number of hydrogen-bond acceptors (Lipinski definition) is 5. The fourth-order valence-electron chi connectivity index (χ4n) is 3.11. The topological polar surface area (TPSA) is 67.1 Å². The van der Waals surface area contributed by atoms with Crippen molar-refractivity contribution in [1.29, 1.82) is 0 Å². The standard InChI is InChI=1S/C16H29N5/c1-5-16(6-2)7-9-21(10-8-16)14-11-13(20-17)18-15(19-14)12(3)4/h11-12H,5-10,17H2,1-4H3,(H,18,19,20). The molecule has 0 atom stereocenters. The Hall–Kier alpha value is -1.36. The number of piperidine rings is 1. The zero-order valence-corrected chi connectivity index (χ0v) is 13.8. The number of hydrogen-bond donors (Lipinski definition) is 2. The first-order valence-corrected chi connectivity index (χ1v) is 8.14. The van der Waals surface area contributed by atoms with Crippen LogP contribution in [0.1, 0.15) is 65.1 Å². The predicted molar refractivity (Wildman–Crippen MR) is 88.4 cm³/mol. The van der Waals surface area contributed by atoms with E-state index < -0.39 is 0 Å². The Morgan fingerprint density at radius 2 is 1.86 bits per heavy atom. The summed E-state index contributed by atoms with van der Waals surface area (Å²) in [6.07, 6.45) is 5.03. The van der Waals surface area contributed by atoms with Gasteiger partial charge in [0.25, 0.3) is 0 Å². The normalized spacial score (nSPS) is 18.1. The summed E-state index contributed by atoms with van der Waals surface area (Å²) >= 11 is 0. The minimum atomic E-state index is 0.298. The van der Waals surface area contributed by atoms with Gasteiger partial charge < -0.3 is 10.3 Å². The van der Waals surface area contributed by atoms with Crippen LogP contribution in [-0.2, 0) is 0 Å². The zero-order valence-electron chi connectivity index (χ0n) is 13.8. The number of hydrazine groups is 1. The maximum atomic E-state index is 5.54. The zero-order chi connectivity index (χ0) is 15.5. The van der Waals surface area contributed by atoms with Crippen LogP contribution in [-0.4, -0.2) is 23.1 Å². The smallest absolute Gasteiger partial charge is 0.145 e. The maximum Gasteiger partial charge on any atom is 0.145 e. The average molecular weight is 291 g/mol. The van der Waals surface area contributed by atoms with Gasteiger partial charge in [-0.05, 0) is 18.3 Å². The summed E-state index contributed by atoms with van der Waals surface area (Å²) in [6.45, 7) is 11.0. The van der Waals surface area contributed by atoms with E-state index in [-0.39, 0.29) is 0 Å². The summed E-state index contributed by atoms with van der Waals surface area (Å²) in [5.41, 5.74) is 3.19. The highest BCUT2D eigenvalue weighted by molar-refractivity contribution is 5.49. The van der Waals surface area contributed by atoms with Gasteiger partial charge in [-0.15, -0.1) is 0 Å². The van der Waals surface area contributed by atoms with E-state index in [1.807, 2.05) is 6.07 Å². The van der Waals surface area contributed by atoms with E-state index in [2.05, 4.69) is 43.0 Å². The summed E-state index contributed by atoms with van der Waals surface area (Å²) in [4.78, 5) is 11.5. The summed E-state index contributed by atoms with van der Waals surface area (Å²) in [6, 6.07) is 1.96. The number of nitrogens with one attached hydrogen (secondary N) is 1. The molecule has 1 aliphatic heterocycles. The molecule has 0 aliphatic carbocycles. The molecule has 21 heavy (non-hydrogen) atoms. The Balaban J connectivity index is 2.18. The van der Waals surface area contributed by atoms with Crippen LogP contribution in [0.5, 0.6) is 0 Å². The first-order valence-electron chi connectivity index (χ1n) is 8.14. The van der Waals surface area contributed by atoms with Gasteiger partial charge in [0.1, 0.15) is 17.5 Å². The third kappa shape index (κ3) is 3.46. The molecule has 0 saturated carbocycles. The number of anilines is 2. The van der Waals surface area contributed by atoms with Crippen molar-refractivity contribution in [3.8, 4) is 0 Å². The molecule has 118 valence electrons. The Bertz CT molecular complexity index is 458. The molecule has 0 radical (unpaired) electrons. The third-order valence-electron chi connectivity index (χ3n) is 5.04. The van der Waals surface area contributed by atoms with Crippen molar-refractivity contribution < 1.29 is 0 Å². The lowest BCUT2D eigenvalue weighted by Gasteiger charge is -2.41. The number of rotatable bonds is 5. The predicted octanol–water partition coefficient (Wildman–Crippen LogP) is 3.29. The molecule has 0 unspecified atom stereocenters. The van der Waals surface area contributed by atoms with Crippen LogP contribution in [0.25, 0.3) is 0 Å². The van der Waals surface area contributed by atoms with Gasteiger partial charge in [0.05, 0.1) is 0 Å². The van der Waals surface area contributed by atoms with Gasteiger partial charge in [-0.25, -0.2) is 15.8 Å². The molecule has 0 amide bonds. The van der Waals surface area contributed by atoms with Gasteiger partial charge in [0.2, 0.25) is 0 Å². The van der Waals surface area contributed by atoms with Crippen molar-refractivity contribution in [1.82, 2.24) is 9.97 Å². The number of nitrogens with zero attached hydrogens (tertiary/aromatic N) is 3. The quantitative estimate of drug-likeness (QED) is 0.643. The molecule has 2 heterocycles. The SMILES string of the molecule is CCC1(CC)CCN(c2cc(NN)nc(C(C)C)n2)CC1. The molecule has 3 N–H and O–H groups in total. The highest BCUT2D eigenvalue weighted by Crippen LogP contribution is 2.39. The van der Waals surface area contributed by atoms with E-state index in [4.69, 9.17) is 10.8 Å². The fraction of sp³-hybridized carbons (Fsp3) is 0.750. The van der Waals surface area contributed by atoms with Crippen LogP contribution in [0.15, 0.2) is 6.07 Å². The van der Waals surface area contributed by atoms with Gasteiger partial charge in [-0.2, -0.15) is 0 Å². The van der Waals surface area contributed by atoms with Crippen LogP contribution >= 0.6 is 0 Å². The van der Waals surface area contributed by atoms with Crippen molar-refractivity contribution in [3.63, 3.8) is 0 Å². The maximum absolute atomic E-state index is 5.54. The Morgan fingerprint density at radius 3 is 2.33 bits per heavy atom. The van der Waals surface area contributed by atoms with E-state index >= 15 is 0 Å². The van der Waals surface area contributed by atoms with Crippen LogP contribution < -0.4 is 16.2 Å². The van der Waals surface area contributed by atoms with Crippen molar-refractivity contribution in [3.05, 3.63) is 11.9 Å². The third-order valence-corrected chi connectivity index (χ3v) is 5.04. The second-order valence-corrected chi connectivity index (χ2v) is 6.46. The monoisotopic (exact) mass is 291 g/mol. The molecule has 1 aromatic rings. The number of aromatic nitrogens is 2. The fourth-order valence-corrected chi connectivity index (χ4v) is 3.11. The van der Waals surface area contributed by atoms with E-state index in [0.717, 1.165) is 24.7 Å². The van der Waals surface area contributed by atoms with E-state index in [9.17, 15) is 0 Å². The molecule has 0 aromatic carbocycles. The molecule has 0 spiro atoms. The van der Waals surface area contributed by atoms with Gasteiger partial charge in [0.15, 0.2) is 0 Å². The second-order valence-electron chi connectivity index (χ2n) is 6.46. The van der Waals surface area contributed by atoms with E-state index in [1.54, 1.807) is 0 Å². The van der Waals surface area contributed by atoms with Gasteiger partial charge >= 0.3 is 0 Å². The molecule has 1 fully saturated rings. The van der Waals surface area contributed by atoms with Crippen molar-refractivity contribution >= 4 is 11.6 Å². The Labute approximate surface area is 128 Å². The van der Waals surface area contributed by atoms with Crippen LogP contribution in [0, 0.1) is 5.41 Å². The largest absolute Gasteiger partial charge is 0.356 e. The van der Waals surface area contributed by atoms with Gasteiger partial charge in [0, 0.05) is 25.1 Å². The van der Waals surface area contributed by atoms with Crippen LogP contribution in [0.3, 0.4) is 0 Å². The average Bonchev–Trinajstić information content (AvgIpc) is 2.54. The van der Waals surface area contributed by atoms with Crippen LogP contribution in [0.4, 0.5) is 11.6 Å². The molecule has 2 rings (SSSR count). The molecule has 1 aromatic heterocycles. The van der Waals surface area contributed by atoms with Gasteiger partial charge in [-0.3, -0.25) is 0 Å². The molecule has 5 heteroatoms. The molecule has 1 aliphatic rings. The highest BCUT2D eigenvalue weighted by atomic mass is 15.3. The summed E-state index contributed by atoms with van der Waals surface area (Å²) in [5.74, 6) is 8.40. The lowest BCUT2D eigenvalue weighted by molar-refractivity contribution is 0.199. The first kappa shape index (κ1) is 16.0. The lowest BCUT2D eigenvalue weighted by Crippen LogP contribution is -2.40. The summed E-state index contributed by atoms with van der Waals surface area (Å²) < 4.78 is 0. The number of nitrogen functional groups attached to an aromatic ring is 1. The molecule has 0 bridgehead atoms. The van der Waals surface area contributed by atoms with Crippen molar-refractivity contribution in [2.24, 2.45) is 11.3 Å². The number of nitrogens with two attached hydrogens (primary N) is 1. The summed E-state index contributed by atoms with van der Waals surface area (Å²) in [7, 11) is 0. The van der Waals surface area contributed by atoms with Crippen molar-refractivity contribution in [2.45, 2.75) is 59.3 Å². The Morgan fingerprint density at radius 1 is 1.24 bits per heavy atom. The van der Waals surface area contributed by atoms with Gasteiger partial charge in [-0.1, -0.05) is 40.5 Å². The minimum absolute atomic E-state index is 0.298. The van der Waals surface area contributed by atoms with Crippen LogP contribution in [0.2, 0.25) is 0 Å². The lowest BCUT2D eigenvalue weighted by atomic mass is 9.74. The van der Waals surface area contributed by atoms with E-state index in [0.29, 0.717) is 17.2 Å². The minimum Gasteiger partial charge on any atom is -0.356 e. The molecular weight excluding hydrogens is 262 g/mol. The molecular formula is C16H29N5. The Kier molecular flexibility index (Phi) is 5.04. The highest BCUT2D eigenvalue weighted by Gasteiger charge is 2.31. The van der Waals surface area contributed by atoms with Crippen molar-refractivity contribution in [2.75, 3.05) is 23.4 Å². The molecule has 1 saturated heterocycles. The second kappa shape index (κ2) is 6.60. The summed E-state index contributed by atoms with van der Waals surface area (Å²) in [5, 5.41) is 0.